The Bertz CT molecular complexity index is 477. The van der Waals surface area contributed by atoms with Gasteiger partial charge in [-0.3, -0.25) is 0 Å². The van der Waals surface area contributed by atoms with E-state index in [9.17, 15) is 23.2 Å². The maximum Gasteiger partial charge on any atom is 0.342 e. The van der Waals surface area contributed by atoms with E-state index in [1.54, 1.807) is 0 Å². The molecule has 0 aliphatic heterocycles. The summed E-state index contributed by atoms with van der Waals surface area (Å²) in [5.74, 6) is -12.3. The van der Waals surface area contributed by atoms with Crippen molar-refractivity contribution in [3.63, 3.8) is 0 Å². The van der Waals surface area contributed by atoms with E-state index < -0.39 is 52.0 Å². The number of carbonyl (C=O) groups is 3. The van der Waals surface area contributed by atoms with Gasteiger partial charge in [-0.15, -0.1) is 0 Å². The van der Waals surface area contributed by atoms with Crippen LogP contribution in [0, 0.1) is 11.6 Å². The highest BCUT2D eigenvalue weighted by Crippen LogP contribution is 2.31. The monoisotopic (exact) mass is 262 g/mol. The molecule has 0 heterocycles. The zero-order valence-corrected chi connectivity index (χ0v) is 8.27. The fourth-order valence-corrected chi connectivity index (χ4v) is 1.26. The number of aromatic hydroxyl groups is 1. The van der Waals surface area contributed by atoms with E-state index in [0.29, 0.717) is 0 Å². The third-order valence-corrected chi connectivity index (χ3v) is 1.99. The van der Waals surface area contributed by atoms with Crippen molar-refractivity contribution in [2.45, 2.75) is 0 Å². The van der Waals surface area contributed by atoms with Crippen molar-refractivity contribution in [3.05, 3.63) is 28.3 Å². The smallest absolute Gasteiger partial charge is 0.342 e. The predicted molar refractivity (Wildman–Crippen MR) is 48.9 cm³/mol. The van der Waals surface area contributed by atoms with Crippen LogP contribution in [0.2, 0.25) is 0 Å². The zero-order valence-electron chi connectivity index (χ0n) is 8.27. The van der Waals surface area contributed by atoms with Gasteiger partial charge in [-0.1, -0.05) is 0 Å². The summed E-state index contributed by atoms with van der Waals surface area (Å²) in [7, 11) is 0. The van der Waals surface area contributed by atoms with Gasteiger partial charge >= 0.3 is 17.9 Å². The van der Waals surface area contributed by atoms with Gasteiger partial charge in [0.25, 0.3) is 0 Å². The van der Waals surface area contributed by atoms with Crippen molar-refractivity contribution in [2.24, 2.45) is 0 Å². The van der Waals surface area contributed by atoms with Crippen LogP contribution in [0.4, 0.5) is 8.78 Å². The quantitative estimate of drug-likeness (QED) is 0.632. The van der Waals surface area contributed by atoms with Crippen molar-refractivity contribution in [3.8, 4) is 5.75 Å². The average Bonchev–Trinajstić information content (AvgIpc) is 2.14. The first-order valence-corrected chi connectivity index (χ1v) is 4.13. The summed E-state index contributed by atoms with van der Waals surface area (Å²) < 4.78 is 26.8. The Morgan fingerprint density at radius 3 is 1.22 bits per heavy atom. The third kappa shape index (κ3) is 1.81. The van der Waals surface area contributed by atoms with Gasteiger partial charge in [0.1, 0.15) is 16.7 Å². The second kappa shape index (κ2) is 4.28. The normalized spacial score (nSPS) is 10.1. The zero-order chi connectivity index (χ0) is 14.2. The molecule has 0 fully saturated rings. The second-order valence-electron chi connectivity index (χ2n) is 3.02. The molecule has 18 heavy (non-hydrogen) atoms. The number of hydrogen-bond donors (Lipinski definition) is 4. The van der Waals surface area contributed by atoms with E-state index in [0.717, 1.165) is 0 Å². The number of benzene rings is 1. The Hall–Kier alpha value is -2.71. The molecule has 0 radical (unpaired) electrons. The number of rotatable bonds is 3. The molecule has 0 bridgehead atoms. The summed E-state index contributed by atoms with van der Waals surface area (Å²) in [5, 5.41) is 34.7. The molecule has 0 unspecified atom stereocenters. The van der Waals surface area contributed by atoms with Crippen LogP contribution in [-0.4, -0.2) is 38.3 Å². The fourth-order valence-electron chi connectivity index (χ4n) is 1.26. The van der Waals surface area contributed by atoms with Crippen LogP contribution < -0.4 is 0 Å². The summed E-state index contributed by atoms with van der Waals surface area (Å²) in [5.41, 5.74) is -5.00. The number of carboxylic acids is 3. The van der Waals surface area contributed by atoms with E-state index in [1.807, 2.05) is 0 Å². The van der Waals surface area contributed by atoms with Gasteiger partial charge < -0.3 is 20.4 Å². The predicted octanol–water partition coefficient (Wildman–Crippen LogP) is 0.765. The molecule has 0 aliphatic carbocycles. The van der Waals surface area contributed by atoms with Crippen molar-refractivity contribution in [1.82, 2.24) is 0 Å². The van der Waals surface area contributed by atoms with Crippen molar-refractivity contribution >= 4 is 17.9 Å². The van der Waals surface area contributed by atoms with Crippen LogP contribution in [0.3, 0.4) is 0 Å². The highest BCUT2D eigenvalue weighted by molar-refractivity contribution is 6.03. The molecule has 1 aromatic carbocycles. The van der Waals surface area contributed by atoms with Crippen LogP contribution in [0.15, 0.2) is 0 Å². The molecule has 0 atom stereocenters. The van der Waals surface area contributed by atoms with Crippen LogP contribution >= 0.6 is 0 Å². The molecule has 7 nitrogen and oxygen atoms in total. The van der Waals surface area contributed by atoms with Gasteiger partial charge in [-0.25, -0.2) is 23.2 Å². The van der Waals surface area contributed by atoms with Gasteiger partial charge in [0.05, 0.1) is 0 Å². The Balaban J connectivity index is 3.94. The molecule has 0 saturated carbocycles. The first-order valence-electron chi connectivity index (χ1n) is 4.13. The second-order valence-corrected chi connectivity index (χ2v) is 3.02. The van der Waals surface area contributed by atoms with Gasteiger partial charge in [-0.2, -0.15) is 0 Å². The largest absolute Gasteiger partial charge is 0.506 e. The lowest BCUT2D eigenvalue weighted by atomic mass is 10.0. The molecule has 0 spiro atoms. The lowest BCUT2D eigenvalue weighted by Crippen LogP contribution is -2.16. The molecule has 0 saturated heterocycles. The SMILES string of the molecule is O=C(O)c1c(O)c(C(=O)O)c(F)c(C(=O)O)c1F. The minimum absolute atomic E-state index is 1.62. The molecule has 0 aliphatic rings. The fraction of sp³-hybridized carbons (Fsp3) is 0. The topological polar surface area (TPSA) is 132 Å². The Morgan fingerprint density at radius 1 is 0.722 bits per heavy atom. The number of phenols is 1. The van der Waals surface area contributed by atoms with Gasteiger partial charge in [0.2, 0.25) is 0 Å². The van der Waals surface area contributed by atoms with E-state index in [2.05, 4.69) is 0 Å². The van der Waals surface area contributed by atoms with E-state index in [4.69, 9.17) is 20.4 Å². The first-order chi connectivity index (χ1) is 8.20. The lowest BCUT2D eigenvalue weighted by Gasteiger charge is -2.09. The van der Waals surface area contributed by atoms with Gasteiger partial charge in [-0.05, 0) is 0 Å². The average molecular weight is 262 g/mol. The molecule has 1 rings (SSSR count). The standard InChI is InChI=1S/C9H4F2O7/c10-4-1(7(13)14)5(11)3(9(17)18)6(12)2(4)8(15)16/h12H,(H,13,14)(H,15,16)(H,17,18). The Kier molecular flexibility index (Phi) is 3.17. The molecule has 9 heteroatoms. The lowest BCUT2D eigenvalue weighted by molar-refractivity contribution is 0.0678. The van der Waals surface area contributed by atoms with E-state index in [-0.39, 0.29) is 0 Å². The summed E-state index contributed by atoms with van der Waals surface area (Å²) in [6, 6.07) is 0. The van der Waals surface area contributed by atoms with Crippen LogP contribution in [0.25, 0.3) is 0 Å². The summed E-state index contributed by atoms with van der Waals surface area (Å²) in [6.07, 6.45) is 0. The minimum atomic E-state index is -2.20. The summed E-state index contributed by atoms with van der Waals surface area (Å²) in [6.45, 7) is 0. The molecule has 0 amide bonds. The molecular weight excluding hydrogens is 258 g/mol. The summed E-state index contributed by atoms with van der Waals surface area (Å²) in [4.78, 5) is 31.7. The number of carboxylic acid groups (broad SMARTS) is 3. The maximum absolute atomic E-state index is 13.4. The van der Waals surface area contributed by atoms with E-state index >= 15 is 0 Å². The van der Waals surface area contributed by atoms with Crippen molar-refractivity contribution in [2.75, 3.05) is 0 Å². The summed E-state index contributed by atoms with van der Waals surface area (Å²) >= 11 is 0. The van der Waals surface area contributed by atoms with Gasteiger partial charge in [0.15, 0.2) is 17.4 Å². The van der Waals surface area contributed by atoms with Crippen LogP contribution in [0.1, 0.15) is 31.1 Å². The first kappa shape index (κ1) is 13.4. The maximum atomic E-state index is 13.4. The van der Waals surface area contributed by atoms with E-state index in [1.165, 1.54) is 0 Å². The molecule has 4 N–H and O–H groups in total. The number of hydrogen-bond acceptors (Lipinski definition) is 4. The van der Waals surface area contributed by atoms with Crippen LogP contribution in [-0.2, 0) is 0 Å². The highest BCUT2D eigenvalue weighted by atomic mass is 19.1. The third-order valence-electron chi connectivity index (χ3n) is 1.99. The molecular formula is C9H4F2O7. The Morgan fingerprint density at radius 2 is 1.00 bits per heavy atom. The molecule has 1 aromatic rings. The van der Waals surface area contributed by atoms with Crippen molar-refractivity contribution in [1.29, 1.82) is 0 Å². The van der Waals surface area contributed by atoms with Crippen molar-refractivity contribution < 1.29 is 43.6 Å². The van der Waals surface area contributed by atoms with Gasteiger partial charge in [0, 0.05) is 0 Å². The highest BCUT2D eigenvalue weighted by Gasteiger charge is 2.34. The number of aromatic carboxylic acids is 3. The van der Waals surface area contributed by atoms with Crippen LogP contribution in [0.5, 0.6) is 5.75 Å². The molecule has 0 aromatic heterocycles. The molecule has 96 valence electrons. The number of halogens is 2. The Labute approximate surface area is 96.5 Å². The minimum Gasteiger partial charge on any atom is -0.506 e.